The molecule has 0 radical (unpaired) electrons. The van der Waals surface area contributed by atoms with E-state index in [4.69, 9.17) is 25.8 Å². The Kier molecular flexibility index (Phi) is 7.37. The lowest BCUT2D eigenvalue weighted by atomic mass is 10.2. The number of amides is 1. The molecule has 0 fully saturated rings. The van der Waals surface area contributed by atoms with E-state index in [1.165, 1.54) is 18.2 Å². The average Bonchev–Trinajstić information content (AvgIpc) is 2.98. The molecule has 0 aliphatic carbocycles. The Hall–Kier alpha value is -2.82. The SMILES string of the molecule is Cc1ccc(Cl)cc1NC(=O)COC(=O)CNS(=O)(=O)c1ccc2c(c1)OCCCO2. The number of anilines is 1. The Labute approximate surface area is 184 Å². The predicted molar refractivity (Wildman–Crippen MR) is 113 cm³/mol. The third-order valence-electron chi connectivity index (χ3n) is 4.27. The first-order chi connectivity index (χ1) is 14.7. The number of hydrogen-bond acceptors (Lipinski definition) is 7. The molecule has 0 unspecified atom stereocenters. The summed E-state index contributed by atoms with van der Waals surface area (Å²) in [5.41, 5.74) is 1.27. The van der Waals surface area contributed by atoms with Gasteiger partial charge in [0.25, 0.3) is 5.91 Å². The molecular weight excluding hydrogens is 448 g/mol. The molecule has 11 heteroatoms. The van der Waals surface area contributed by atoms with E-state index < -0.39 is 35.1 Å². The maximum Gasteiger partial charge on any atom is 0.321 e. The number of fused-ring (bicyclic) bond motifs is 1. The minimum Gasteiger partial charge on any atom is -0.490 e. The predicted octanol–water partition coefficient (Wildman–Crippen LogP) is 2.27. The molecule has 3 rings (SSSR count). The molecule has 0 spiro atoms. The molecule has 31 heavy (non-hydrogen) atoms. The van der Waals surface area contributed by atoms with Crippen LogP contribution in [0.25, 0.3) is 0 Å². The highest BCUT2D eigenvalue weighted by Crippen LogP contribution is 2.31. The van der Waals surface area contributed by atoms with Crippen LogP contribution >= 0.6 is 11.6 Å². The minimum atomic E-state index is -4.00. The fourth-order valence-corrected chi connectivity index (χ4v) is 3.82. The number of ether oxygens (including phenoxy) is 3. The Morgan fingerprint density at radius 2 is 1.84 bits per heavy atom. The van der Waals surface area contributed by atoms with Gasteiger partial charge in [-0.3, -0.25) is 9.59 Å². The monoisotopic (exact) mass is 468 g/mol. The molecule has 166 valence electrons. The summed E-state index contributed by atoms with van der Waals surface area (Å²) in [6.45, 7) is 1.46. The second-order valence-electron chi connectivity index (χ2n) is 6.65. The van der Waals surface area contributed by atoms with E-state index >= 15 is 0 Å². The van der Waals surface area contributed by atoms with Crippen LogP contribution in [0, 0.1) is 6.92 Å². The molecule has 0 saturated heterocycles. The van der Waals surface area contributed by atoms with Gasteiger partial charge in [-0.15, -0.1) is 0 Å². The van der Waals surface area contributed by atoms with Crippen molar-refractivity contribution in [3.05, 3.63) is 47.0 Å². The van der Waals surface area contributed by atoms with Crippen LogP contribution in [0.15, 0.2) is 41.3 Å². The molecule has 1 aliphatic rings. The fraction of sp³-hybridized carbons (Fsp3) is 0.300. The molecular formula is C20H21ClN2O7S. The van der Waals surface area contributed by atoms with Crippen molar-refractivity contribution in [2.75, 3.05) is 31.7 Å². The molecule has 0 atom stereocenters. The summed E-state index contributed by atoms with van der Waals surface area (Å²) in [6, 6.07) is 9.16. The number of aryl methyl sites for hydroxylation is 1. The summed E-state index contributed by atoms with van der Waals surface area (Å²) in [5.74, 6) is -0.715. The Morgan fingerprint density at radius 1 is 1.10 bits per heavy atom. The van der Waals surface area contributed by atoms with Crippen molar-refractivity contribution in [1.29, 1.82) is 0 Å². The quantitative estimate of drug-likeness (QED) is 0.598. The van der Waals surface area contributed by atoms with Crippen molar-refractivity contribution in [1.82, 2.24) is 4.72 Å². The van der Waals surface area contributed by atoms with Crippen LogP contribution in [0.2, 0.25) is 5.02 Å². The van der Waals surface area contributed by atoms with Gasteiger partial charge >= 0.3 is 5.97 Å². The number of hydrogen-bond donors (Lipinski definition) is 2. The van der Waals surface area contributed by atoms with E-state index in [-0.39, 0.29) is 4.90 Å². The average molecular weight is 469 g/mol. The Morgan fingerprint density at radius 3 is 2.61 bits per heavy atom. The molecule has 1 aliphatic heterocycles. The van der Waals surface area contributed by atoms with E-state index in [2.05, 4.69) is 10.0 Å². The van der Waals surface area contributed by atoms with Gasteiger partial charge in [0.1, 0.15) is 6.54 Å². The highest BCUT2D eigenvalue weighted by molar-refractivity contribution is 7.89. The number of nitrogens with one attached hydrogen (secondary N) is 2. The van der Waals surface area contributed by atoms with Gasteiger partial charge in [-0.25, -0.2) is 8.42 Å². The van der Waals surface area contributed by atoms with Gasteiger partial charge in [0.05, 0.1) is 18.1 Å². The van der Waals surface area contributed by atoms with Crippen LogP contribution in [0.3, 0.4) is 0 Å². The van der Waals surface area contributed by atoms with Crippen LogP contribution in [-0.2, 0) is 24.3 Å². The topological polar surface area (TPSA) is 120 Å². The van der Waals surface area contributed by atoms with Crippen molar-refractivity contribution in [3.8, 4) is 11.5 Å². The molecule has 0 saturated carbocycles. The fourth-order valence-electron chi connectivity index (χ4n) is 2.66. The van der Waals surface area contributed by atoms with Crippen LogP contribution in [0.4, 0.5) is 5.69 Å². The lowest BCUT2D eigenvalue weighted by Crippen LogP contribution is -2.32. The maximum absolute atomic E-state index is 12.5. The third-order valence-corrected chi connectivity index (χ3v) is 5.91. The Balaban J connectivity index is 1.51. The maximum atomic E-state index is 12.5. The smallest absolute Gasteiger partial charge is 0.321 e. The van der Waals surface area contributed by atoms with Crippen LogP contribution < -0.4 is 19.5 Å². The summed E-state index contributed by atoms with van der Waals surface area (Å²) in [6.07, 6.45) is 0.686. The molecule has 9 nitrogen and oxygen atoms in total. The lowest BCUT2D eigenvalue weighted by molar-refractivity contribution is -0.146. The van der Waals surface area contributed by atoms with Gasteiger partial charge in [-0.1, -0.05) is 17.7 Å². The number of carbonyl (C=O) groups excluding carboxylic acids is 2. The number of carbonyl (C=O) groups is 2. The van der Waals surface area contributed by atoms with Crippen LogP contribution in [-0.4, -0.2) is 46.7 Å². The number of halogens is 1. The summed E-state index contributed by atoms with van der Waals surface area (Å²) in [5, 5.41) is 3.02. The van der Waals surface area contributed by atoms with E-state index in [9.17, 15) is 18.0 Å². The van der Waals surface area contributed by atoms with Crippen molar-refractivity contribution < 1.29 is 32.2 Å². The summed E-state index contributed by atoms with van der Waals surface area (Å²) in [4.78, 5) is 23.8. The highest BCUT2D eigenvalue weighted by Gasteiger charge is 2.20. The molecule has 0 aromatic heterocycles. The van der Waals surface area contributed by atoms with Gasteiger partial charge in [-0.05, 0) is 36.8 Å². The van der Waals surface area contributed by atoms with Crippen LogP contribution in [0.5, 0.6) is 11.5 Å². The number of rotatable bonds is 7. The van der Waals surface area contributed by atoms with E-state index in [0.29, 0.717) is 41.8 Å². The second kappa shape index (κ2) is 9.99. The van der Waals surface area contributed by atoms with Crippen molar-refractivity contribution in [2.45, 2.75) is 18.2 Å². The van der Waals surface area contributed by atoms with E-state index in [0.717, 1.165) is 5.56 Å². The third kappa shape index (κ3) is 6.33. The molecule has 1 heterocycles. The zero-order valence-corrected chi connectivity index (χ0v) is 18.2. The van der Waals surface area contributed by atoms with Gasteiger partial charge in [-0.2, -0.15) is 4.72 Å². The first-order valence-electron chi connectivity index (χ1n) is 9.35. The second-order valence-corrected chi connectivity index (χ2v) is 8.86. The lowest BCUT2D eigenvalue weighted by Gasteiger charge is -2.11. The van der Waals surface area contributed by atoms with Gasteiger partial charge in [0, 0.05) is 23.2 Å². The van der Waals surface area contributed by atoms with Gasteiger partial charge < -0.3 is 19.5 Å². The minimum absolute atomic E-state index is 0.0845. The van der Waals surface area contributed by atoms with Crippen molar-refractivity contribution in [2.24, 2.45) is 0 Å². The molecule has 0 bridgehead atoms. The summed E-state index contributed by atoms with van der Waals surface area (Å²) in [7, 11) is -4.00. The molecule has 2 aromatic rings. The number of esters is 1. The number of benzene rings is 2. The molecule has 2 N–H and O–H groups in total. The first-order valence-corrected chi connectivity index (χ1v) is 11.2. The summed E-state index contributed by atoms with van der Waals surface area (Å²) < 4.78 is 42.8. The number of sulfonamides is 1. The largest absolute Gasteiger partial charge is 0.490 e. The van der Waals surface area contributed by atoms with Gasteiger partial charge in [0.15, 0.2) is 18.1 Å². The van der Waals surface area contributed by atoms with Crippen molar-refractivity contribution >= 4 is 39.2 Å². The normalized spacial score (nSPS) is 13.2. The van der Waals surface area contributed by atoms with Crippen LogP contribution in [0.1, 0.15) is 12.0 Å². The molecule has 2 aromatic carbocycles. The van der Waals surface area contributed by atoms with E-state index in [1.807, 2.05) is 0 Å². The highest BCUT2D eigenvalue weighted by atomic mass is 35.5. The van der Waals surface area contributed by atoms with E-state index in [1.54, 1.807) is 25.1 Å². The van der Waals surface area contributed by atoms with Crippen molar-refractivity contribution in [3.63, 3.8) is 0 Å². The summed E-state index contributed by atoms with van der Waals surface area (Å²) >= 11 is 5.89. The Bertz CT molecular complexity index is 1090. The molecule has 1 amide bonds. The standard InChI is InChI=1S/C20H21ClN2O7S/c1-13-3-4-14(21)9-16(13)23-19(24)12-30-20(25)11-22-31(26,27)15-5-6-17-18(10-15)29-8-2-7-28-17/h3-6,9-10,22H,2,7-8,11-12H2,1H3,(H,23,24). The first kappa shape index (κ1) is 22.9. The van der Waals surface area contributed by atoms with Gasteiger partial charge in [0.2, 0.25) is 10.0 Å². The zero-order valence-electron chi connectivity index (χ0n) is 16.6. The zero-order chi connectivity index (χ0) is 22.4.